The quantitative estimate of drug-likeness (QED) is 0.722. The van der Waals surface area contributed by atoms with Crippen molar-refractivity contribution in [3.05, 3.63) is 36.7 Å². The molecule has 2 aromatic heterocycles. The summed E-state index contributed by atoms with van der Waals surface area (Å²) in [4.78, 5) is 11.5. The summed E-state index contributed by atoms with van der Waals surface area (Å²) in [6, 6.07) is 7.10. The zero-order valence-corrected chi connectivity index (χ0v) is 9.71. The van der Waals surface area contributed by atoms with Crippen molar-refractivity contribution < 1.29 is 9.84 Å². The number of aromatic nitrogens is 3. The van der Waals surface area contributed by atoms with E-state index in [-0.39, 0.29) is 5.75 Å². The second-order valence-corrected chi connectivity index (χ2v) is 3.83. The van der Waals surface area contributed by atoms with Gasteiger partial charge in [-0.3, -0.25) is 4.98 Å². The average molecular weight is 241 g/mol. The third-order valence-corrected chi connectivity index (χ3v) is 2.76. The van der Waals surface area contributed by atoms with Gasteiger partial charge in [0.15, 0.2) is 11.5 Å². The van der Waals surface area contributed by atoms with Gasteiger partial charge in [0.25, 0.3) is 0 Å². The second-order valence-electron chi connectivity index (χ2n) is 3.83. The Labute approximate surface area is 103 Å². The topological polar surface area (TPSA) is 71.0 Å². The SMILES string of the molecule is COc1cccc(-c2nc3ccncc3[nH]2)c1O. The molecular formula is C13H11N3O2. The van der Waals surface area contributed by atoms with Crippen LogP contribution in [0, 0.1) is 0 Å². The molecule has 2 N–H and O–H groups in total. The van der Waals surface area contributed by atoms with Crippen molar-refractivity contribution in [2.45, 2.75) is 0 Å². The van der Waals surface area contributed by atoms with E-state index in [1.54, 1.807) is 30.6 Å². The Bertz CT molecular complexity index is 673. The monoisotopic (exact) mass is 241 g/mol. The number of aromatic hydroxyl groups is 1. The van der Waals surface area contributed by atoms with E-state index in [9.17, 15) is 5.11 Å². The summed E-state index contributed by atoms with van der Waals surface area (Å²) in [5, 5.41) is 10.1. The third-order valence-electron chi connectivity index (χ3n) is 2.76. The highest BCUT2D eigenvalue weighted by Crippen LogP contribution is 2.35. The summed E-state index contributed by atoms with van der Waals surface area (Å²) >= 11 is 0. The molecule has 5 nitrogen and oxygen atoms in total. The number of pyridine rings is 1. The van der Waals surface area contributed by atoms with Crippen LogP contribution in [-0.4, -0.2) is 27.2 Å². The molecular weight excluding hydrogens is 230 g/mol. The maximum Gasteiger partial charge on any atom is 0.168 e. The van der Waals surface area contributed by atoms with E-state index in [4.69, 9.17) is 4.74 Å². The number of benzene rings is 1. The lowest BCUT2D eigenvalue weighted by Gasteiger charge is -2.06. The van der Waals surface area contributed by atoms with Crippen LogP contribution in [-0.2, 0) is 0 Å². The number of ether oxygens (including phenoxy) is 1. The van der Waals surface area contributed by atoms with Crippen molar-refractivity contribution in [2.75, 3.05) is 7.11 Å². The molecule has 0 bridgehead atoms. The zero-order chi connectivity index (χ0) is 12.5. The van der Waals surface area contributed by atoms with Crippen LogP contribution in [0.25, 0.3) is 22.4 Å². The maximum absolute atomic E-state index is 10.1. The van der Waals surface area contributed by atoms with Crippen molar-refractivity contribution in [3.8, 4) is 22.9 Å². The fourth-order valence-electron chi connectivity index (χ4n) is 1.86. The normalized spacial score (nSPS) is 10.7. The molecule has 0 aliphatic heterocycles. The largest absolute Gasteiger partial charge is 0.504 e. The molecule has 0 spiro atoms. The molecule has 0 saturated carbocycles. The Morgan fingerprint density at radius 1 is 1.28 bits per heavy atom. The summed E-state index contributed by atoms with van der Waals surface area (Å²) in [7, 11) is 1.52. The number of hydrogen-bond donors (Lipinski definition) is 2. The van der Waals surface area contributed by atoms with Crippen LogP contribution in [0.4, 0.5) is 0 Å². The van der Waals surface area contributed by atoms with Gasteiger partial charge in [-0.1, -0.05) is 6.07 Å². The first kappa shape index (κ1) is 10.6. The molecule has 0 aliphatic rings. The number of phenols is 1. The second kappa shape index (κ2) is 4.03. The smallest absolute Gasteiger partial charge is 0.168 e. The Morgan fingerprint density at radius 2 is 2.17 bits per heavy atom. The number of para-hydroxylation sites is 1. The van der Waals surface area contributed by atoms with Crippen LogP contribution < -0.4 is 4.74 Å². The number of fused-ring (bicyclic) bond motifs is 1. The lowest BCUT2D eigenvalue weighted by atomic mass is 10.2. The number of imidazole rings is 1. The molecule has 90 valence electrons. The molecule has 0 amide bonds. The van der Waals surface area contributed by atoms with E-state index in [0.29, 0.717) is 17.1 Å². The number of methoxy groups -OCH3 is 1. The van der Waals surface area contributed by atoms with E-state index in [1.807, 2.05) is 6.07 Å². The van der Waals surface area contributed by atoms with Crippen molar-refractivity contribution in [2.24, 2.45) is 0 Å². The van der Waals surface area contributed by atoms with Gasteiger partial charge in [-0.2, -0.15) is 0 Å². The highest BCUT2D eigenvalue weighted by atomic mass is 16.5. The van der Waals surface area contributed by atoms with Crippen LogP contribution in [0.15, 0.2) is 36.7 Å². The number of hydrogen-bond acceptors (Lipinski definition) is 4. The van der Waals surface area contributed by atoms with Gasteiger partial charge in [0, 0.05) is 6.20 Å². The summed E-state index contributed by atoms with van der Waals surface area (Å²) in [5.74, 6) is 1.09. The minimum Gasteiger partial charge on any atom is -0.504 e. The Morgan fingerprint density at radius 3 is 2.94 bits per heavy atom. The van der Waals surface area contributed by atoms with E-state index in [1.165, 1.54) is 7.11 Å². The number of H-pyrrole nitrogens is 1. The van der Waals surface area contributed by atoms with Crippen LogP contribution >= 0.6 is 0 Å². The maximum atomic E-state index is 10.1. The molecule has 3 aromatic rings. The first-order valence-electron chi connectivity index (χ1n) is 5.45. The van der Waals surface area contributed by atoms with Crippen LogP contribution in [0.3, 0.4) is 0 Å². The minimum atomic E-state index is 0.0759. The molecule has 0 fully saturated rings. The average Bonchev–Trinajstić information content (AvgIpc) is 2.82. The highest BCUT2D eigenvalue weighted by molar-refractivity contribution is 5.80. The van der Waals surface area contributed by atoms with Crippen LogP contribution in [0.1, 0.15) is 0 Å². The molecule has 3 rings (SSSR count). The van der Waals surface area contributed by atoms with Gasteiger partial charge >= 0.3 is 0 Å². The summed E-state index contributed by atoms with van der Waals surface area (Å²) in [6.07, 6.45) is 3.38. The standard InChI is InChI=1S/C13H11N3O2/c1-18-11-4-2-3-8(12(11)17)13-15-9-5-6-14-7-10(9)16-13/h2-7,17H,1H3,(H,15,16). The zero-order valence-electron chi connectivity index (χ0n) is 9.71. The fraction of sp³-hybridized carbons (Fsp3) is 0.0769. The predicted molar refractivity (Wildman–Crippen MR) is 67.5 cm³/mol. The lowest BCUT2D eigenvalue weighted by Crippen LogP contribution is -1.87. The van der Waals surface area contributed by atoms with Crippen molar-refractivity contribution in [3.63, 3.8) is 0 Å². The molecule has 0 unspecified atom stereocenters. The molecule has 0 aliphatic carbocycles. The Kier molecular flexibility index (Phi) is 2.37. The first-order valence-corrected chi connectivity index (χ1v) is 5.45. The fourth-order valence-corrected chi connectivity index (χ4v) is 1.86. The summed E-state index contributed by atoms with van der Waals surface area (Å²) in [6.45, 7) is 0. The van der Waals surface area contributed by atoms with Crippen molar-refractivity contribution in [1.29, 1.82) is 0 Å². The van der Waals surface area contributed by atoms with Gasteiger partial charge in [-0.25, -0.2) is 4.98 Å². The molecule has 0 radical (unpaired) electrons. The summed E-state index contributed by atoms with van der Waals surface area (Å²) in [5.41, 5.74) is 2.24. The highest BCUT2D eigenvalue weighted by Gasteiger charge is 2.12. The van der Waals surface area contributed by atoms with Crippen LogP contribution in [0.5, 0.6) is 11.5 Å². The number of nitrogens with zero attached hydrogens (tertiary/aromatic N) is 2. The van der Waals surface area contributed by atoms with Gasteiger partial charge < -0.3 is 14.8 Å². The summed E-state index contributed by atoms with van der Waals surface area (Å²) < 4.78 is 5.08. The number of phenolic OH excluding ortho intramolecular Hbond substituents is 1. The first-order chi connectivity index (χ1) is 8.79. The number of rotatable bonds is 2. The third kappa shape index (κ3) is 1.57. The molecule has 1 aromatic carbocycles. The lowest BCUT2D eigenvalue weighted by molar-refractivity contribution is 0.374. The van der Waals surface area contributed by atoms with E-state index < -0.39 is 0 Å². The van der Waals surface area contributed by atoms with Gasteiger partial charge in [0.05, 0.1) is 29.9 Å². The molecule has 0 saturated heterocycles. The van der Waals surface area contributed by atoms with Gasteiger partial charge in [-0.15, -0.1) is 0 Å². The van der Waals surface area contributed by atoms with Gasteiger partial charge in [0.2, 0.25) is 0 Å². The van der Waals surface area contributed by atoms with Gasteiger partial charge in [0.1, 0.15) is 5.82 Å². The number of aromatic amines is 1. The van der Waals surface area contributed by atoms with Crippen molar-refractivity contribution in [1.82, 2.24) is 15.0 Å². The Balaban J connectivity index is 2.20. The Hall–Kier alpha value is -2.56. The van der Waals surface area contributed by atoms with E-state index in [2.05, 4.69) is 15.0 Å². The minimum absolute atomic E-state index is 0.0759. The molecule has 5 heteroatoms. The molecule has 18 heavy (non-hydrogen) atoms. The van der Waals surface area contributed by atoms with Crippen LogP contribution in [0.2, 0.25) is 0 Å². The van der Waals surface area contributed by atoms with Crippen molar-refractivity contribution >= 4 is 11.0 Å². The predicted octanol–water partition coefficient (Wildman–Crippen LogP) is 2.34. The molecule has 0 atom stereocenters. The number of nitrogens with one attached hydrogen (secondary N) is 1. The van der Waals surface area contributed by atoms with E-state index in [0.717, 1.165) is 11.0 Å². The van der Waals surface area contributed by atoms with E-state index >= 15 is 0 Å². The van der Waals surface area contributed by atoms with Gasteiger partial charge in [-0.05, 0) is 18.2 Å². The molecule has 2 heterocycles.